The van der Waals surface area contributed by atoms with Gasteiger partial charge >= 0.3 is 0 Å². The molecule has 0 unspecified atom stereocenters. The molecule has 0 radical (unpaired) electrons. The number of benzene rings is 1. The van der Waals surface area contributed by atoms with Crippen LogP contribution in [0.4, 0.5) is 5.69 Å². The van der Waals surface area contributed by atoms with Crippen molar-refractivity contribution in [1.29, 1.82) is 0 Å². The minimum Gasteiger partial charge on any atom is -0.243 e. The highest BCUT2D eigenvalue weighted by Gasteiger charge is 2.08. The first-order valence-corrected chi connectivity index (χ1v) is 5.27. The van der Waals surface area contributed by atoms with Gasteiger partial charge in [-0.15, -0.1) is 0 Å². The number of imidazole rings is 2. The smallest absolute Gasteiger partial charge is 0.116 e. The molecule has 2 heterocycles. The zero-order valence-electron chi connectivity index (χ0n) is 9.09. The van der Waals surface area contributed by atoms with Gasteiger partial charge < -0.3 is 0 Å². The third-order valence-corrected chi connectivity index (χ3v) is 2.41. The van der Waals surface area contributed by atoms with Gasteiger partial charge in [-0.05, 0) is 12.1 Å². The Labute approximate surface area is 98.5 Å². The average Bonchev–Trinajstić information content (AvgIpc) is 3.04. The third kappa shape index (κ3) is 1.78. The Morgan fingerprint density at radius 1 is 0.824 bits per heavy atom. The van der Waals surface area contributed by atoms with E-state index in [1.807, 2.05) is 57.2 Å². The van der Waals surface area contributed by atoms with E-state index in [9.17, 15) is 0 Å². The van der Waals surface area contributed by atoms with Crippen molar-refractivity contribution in [2.24, 2.45) is 0 Å². The number of anilines is 1. The van der Waals surface area contributed by atoms with Crippen molar-refractivity contribution in [3.05, 3.63) is 67.8 Å². The molecule has 0 saturated carbocycles. The summed E-state index contributed by atoms with van der Waals surface area (Å²) in [6.07, 6.45) is 10.7. The van der Waals surface area contributed by atoms with Crippen LogP contribution in [0, 0.1) is 0 Å². The van der Waals surface area contributed by atoms with Crippen LogP contribution < -0.4 is 5.12 Å². The van der Waals surface area contributed by atoms with Gasteiger partial charge in [0.2, 0.25) is 0 Å². The van der Waals surface area contributed by atoms with Crippen molar-refractivity contribution in [3.8, 4) is 0 Å². The van der Waals surface area contributed by atoms with Gasteiger partial charge in [0.1, 0.15) is 12.7 Å². The predicted octanol–water partition coefficient (Wildman–Crippen LogP) is 1.81. The quantitative estimate of drug-likeness (QED) is 0.682. The number of rotatable bonds is 3. The van der Waals surface area contributed by atoms with E-state index in [4.69, 9.17) is 0 Å². The van der Waals surface area contributed by atoms with Crippen LogP contribution in [0.25, 0.3) is 0 Å². The van der Waals surface area contributed by atoms with Crippen molar-refractivity contribution in [3.63, 3.8) is 0 Å². The van der Waals surface area contributed by atoms with E-state index in [1.165, 1.54) is 0 Å². The fraction of sp³-hybridized carbons (Fsp3) is 0. The van der Waals surface area contributed by atoms with Crippen LogP contribution in [0.3, 0.4) is 0 Å². The van der Waals surface area contributed by atoms with Gasteiger partial charge in [-0.3, -0.25) is 0 Å². The lowest BCUT2D eigenvalue weighted by Gasteiger charge is -2.25. The summed E-state index contributed by atoms with van der Waals surface area (Å²) in [5.41, 5.74) is 1.03. The van der Waals surface area contributed by atoms with Gasteiger partial charge in [-0.25, -0.2) is 19.3 Å². The molecule has 1 aromatic carbocycles. The van der Waals surface area contributed by atoms with Crippen LogP contribution >= 0.6 is 0 Å². The van der Waals surface area contributed by atoms with Gasteiger partial charge in [0, 0.05) is 24.8 Å². The van der Waals surface area contributed by atoms with E-state index in [0.29, 0.717) is 0 Å². The van der Waals surface area contributed by atoms with Crippen LogP contribution in [0.1, 0.15) is 0 Å². The molecule has 2 aromatic heterocycles. The molecule has 0 atom stereocenters. The fourth-order valence-electron chi connectivity index (χ4n) is 1.68. The first-order valence-electron chi connectivity index (χ1n) is 5.27. The maximum Gasteiger partial charge on any atom is 0.116 e. The van der Waals surface area contributed by atoms with Gasteiger partial charge in [-0.2, -0.15) is 5.12 Å². The van der Waals surface area contributed by atoms with Crippen LogP contribution in [0.15, 0.2) is 67.8 Å². The number of nitrogens with zero attached hydrogens (tertiary/aromatic N) is 5. The topological polar surface area (TPSA) is 38.9 Å². The van der Waals surface area contributed by atoms with Crippen LogP contribution in [-0.2, 0) is 0 Å². The molecule has 0 aliphatic rings. The molecule has 0 N–H and O–H groups in total. The van der Waals surface area contributed by atoms with Crippen LogP contribution in [0.5, 0.6) is 0 Å². The highest BCUT2D eigenvalue weighted by Crippen LogP contribution is 2.15. The highest BCUT2D eigenvalue weighted by atomic mass is 15.8. The summed E-state index contributed by atoms with van der Waals surface area (Å²) in [5, 5.41) is 1.96. The lowest BCUT2D eigenvalue weighted by atomic mass is 10.3. The number of hydrogen-bond acceptors (Lipinski definition) is 3. The SMILES string of the molecule is c1ccc(N(n2ccnc2)n2ccnc2)cc1. The summed E-state index contributed by atoms with van der Waals surface area (Å²) in [4.78, 5) is 8.13. The van der Waals surface area contributed by atoms with E-state index >= 15 is 0 Å². The molecule has 0 saturated heterocycles. The second-order valence-electron chi connectivity index (χ2n) is 3.51. The Kier molecular flexibility index (Phi) is 2.34. The van der Waals surface area contributed by atoms with Crippen molar-refractivity contribution in [2.75, 3.05) is 5.12 Å². The average molecular weight is 225 g/mol. The van der Waals surface area contributed by atoms with Gasteiger partial charge in [-0.1, -0.05) is 18.2 Å². The van der Waals surface area contributed by atoms with Crippen molar-refractivity contribution >= 4 is 5.69 Å². The summed E-state index contributed by atoms with van der Waals surface area (Å²) in [6, 6.07) is 10.0. The van der Waals surface area contributed by atoms with E-state index in [1.54, 1.807) is 25.0 Å². The second kappa shape index (κ2) is 4.13. The molecule has 5 heteroatoms. The third-order valence-electron chi connectivity index (χ3n) is 2.41. The minimum absolute atomic E-state index is 1.03. The molecule has 17 heavy (non-hydrogen) atoms. The van der Waals surface area contributed by atoms with Crippen LogP contribution in [-0.4, -0.2) is 19.3 Å². The summed E-state index contributed by atoms with van der Waals surface area (Å²) in [5.74, 6) is 0. The number of para-hydroxylation sites is 1. The Morgan fingerprint density at radius 2 is 1.41 bits per heavy atom. The lowest BCUT2D eigenvalue weighted by Crippen LogP contribution is -2.32. The molecule has 3 rings (SSSR count). The van der Waals surface area contributed by atoms with Gasteiger partial charge in [0.05, 0.1) is 5.69 Å². The van der Waals surface area contributed by atoms with Crippen LogP contribution in [0.2, 0.25) is 0 Å². The summed E-state index contributed by atoms with van der Waals surface area (Å²) < 4.78 is 3.77. The molecule has 3 aromatic rings. The fourth-order valence-corrected chi connectivity index (χ4v) is 1.68. The lowest BCUT2D eigenvalue weighted by molar-refractivity contribution is 0.603. The predicted molar refractivity (Wildman–Crippen MR) is 64.2 cm³/mol. The standard InChI is InChI=1S/C12H11N5/c1-2-4-12(5-3-1)17(15-8-6-13-10-15)16-9-7-14-11-16/h1-11H. The summed E-state index contributed by atoms with van der Waals surface area (Å²) in [7, 11) is 0. The molecule has 0 aliphatic carbocycles. The molecule has 0 aliphatic heterocycles. The Morgan fingerprint density at radius 3 is 1.88 bits per heavy atom. The maximum atomic E-state index is 4.07. The van der Waals surface area contributed by atoms with Crippen molar-refractivity contribution < 1.29 is 0 Å². The first-order chi connectivity index (χ1) is 8.45. The Balaban J connectivity index is 2.10. The molecule has 84 valence electrons. The maximum absolute atomic E-state index is 4.07. The molecular formula is C12H11N5. The molecule has 0 bridgehead atoms. The summed E-state index contributed by atoms with van der Waals surface area (Å²) >= 11 is 0. The van der Waals surface area contributed by atoms with E-state index in [-0.39, 0.29) is 0 Å². The Bertz CT molecular complexity index is 522. The first kappa shape index (κ1) is 9.65. The molecule has 5 nitrogen and oxygen atoms in total. The zero-order chi connectivity index (χ0) is 11.5. The summed E-state index contributed by atoms with van der Waals surface area (Å²) in [6.45, 7) is 0. The molecule has 0 fully saturated rings. The molecule has 0 amide bonds. The van der Waals surface area contributed by atoms with E-state index < -0.39 is 0 Å². The number of hydrogen-bond donors (Lipinski definition) is 0. The van der Waals surface area contributed by atoms with E-state index in [2.05, 4.69) is 9.97 Å². The zero-order valence-corrected chi connectivity index (χ0v) is 9.09. The van der Waals surface area contributed by atoms with Crippen molar-refractivity contribution in [1.82, 2.24) is 19.3 Å². The van der Waals surface area contributed by atoms with Gasteiger partial charge in [0.25, 0.3) is 0 Å². The van der Waals surface area contributed by atoms with Crippen molar-refractivity contribution in [2.45, 2.75) is 0 Å². The monoisotopic (exact) mass is 225 g/mol. The second-order valence-corrected chi connectivity index (χ2v) is 3.51. The highest BCUT2D eigenvalue weighted by molar-refractivity contribution is 5.44. The minimum atomic E-state index is 1.03. The molecule has 0 spiro atoms. The normalized spacial score (nSPS) is 10.4. The van der Waals surface area contributed by atoms with E-state index in [0.717, 1.165) is 5.69 Å². The largest absolute Gasteiger partial charge is 0.243 e. The number of aromatic nitrogens is 4. The van der Waals surface area contributed by atoms with Gasteiger partial charge in [0.15, 0.2) is 0 Å². The molecular weight excluding hydrogens is 214 g/mol. The Hall–Kier alpha value is -2.56.